The second kappa shape index (κ2) is 7.22. The molecular weight excluding hydrogens is 310 g/mol. The fraction of sp³-hybridized carbons (Fsp3) is 0.462. The number of carbonyl (C=O) groups is 1. The molecule has 6 heteroatoms. The van der Waals surface area contributed by atoms with Crippen LogP contribution in [-0.2, 0) is 9.53 Å². The van der Waals surface area contributed by atoms with E-state index in [0.717, 1.165) is 0 Å². The van der Waals surface area contributed by atoms with Gasteiger partial charge < -0.3 is 9.47 Å². The summed E-state index contributed by atoms with van der Waals surface area (Å²) < 4.78 is 10.5. The summed E-state index contributed by atoms with van der Waals surface area (Å²) in [7, 11) is 0. The van der Waals surface area contributed by atoms with Crippen LogP contribution in [0.15, 0.2) is 12.1 Å². The second-order valence-electron chi connectivity index (χ2n) is 4.48. The minimum atomic E-state index is -0.770. The molecule has 0 aliphatic carbocycles. The van der Waals surface area contributed by atoms with Crippen molar-refractivity contribution in [3.05, 3.63) is 27.2 Å². The number of carbonyl (C=O) groups excluding carboxylic acids is 1. The SMILES string of the molecule is CC(C)COC(=O)C(C)Oc1cc(Cl)c(Cl)cc1Cl. The fourth-order valence-corrected chi connectivity index (χ4v) is 1.78. The molecule has 0 bridgehead atoms. The van der Waals surface area contributed by atoms with E-state index in [2.05, 4.69) is 0 Å². The van der Waals surface area contributed by atoms with E-state index in [9.17, 15) is 4.79 Å². The van der Waals surface area contributed by atoms with Gasteiger partial charge in [-0.3, -0.25) is 0 Å². The van der Waals surface area contributed by atoms with Crippen LogP contribution in [0.3, 0.4) is 0 Å². The maximum Gasteiger partial charge on any atom is 0.347 e. The first-order valence-corrected chi connectivity index (χ1v) is 6.92. The topological polar surface area (TPSA) is 35.5 Å². The largest absolute Gasteiger partial charge is 0.477 e. The highest BCUT2D eigenvalue weighted by atomic mass is 35.5. The van der Waals surface area contributed by atoms with Gasteiger partial charge in [0.25, 0.3) is 0 Å². The van der Waals surface area contributed by atoms with Crippen molar-refractivity contribution >= 4 is 40.8 Å². The molecule has 1 aromatic carbocycles. The zero-order valence-corrected chi connectivity index (χ0v) is 13.1. The van der Waals surface area contributed by atoms with Crippen LogP contribution in [-0.4, -0.2) is 18.7 Å². The monoisotopic (exact) mass is 324 g/mol. The van der Waals surface area contributed by atoms with Crippen molar-refractivity contribution < 1.29 is 14.3 Å². The highest BCUT2D eigenvalue weighted by Gasteiger charge is 2.19. The maximum atomic E-state index is 11.7. The minimum Gasteiger partial charge on any atom is -0.477 e. The van der Waals surface area contributed by atoms with Gasteiger partial charge in [0.2, 0.25) is 0 Å². The number of rotatable bonds is 5. The van der Waals surface area contributed by atoms with Gasteiger partial charge in [-0.2, -0.15) is 0 Å². The van der Waals surface area contributed by atoms with E-state index in [0.29, 0.717) is 22.4 Å². The number of hydrogen-bond donors (Lipinski definition) is 0. The number of ether oxygens (including phenoxy) is 2. The molecule has 0 aliphatic rings. The van der Waals surface area contributed by atoms with Gasteiger partial charge in [0.05, 0.1) is 21.7 Å². The molecule has 0 fully saturated rings. The van der Waals surface area contributed by atoms with E-state index < -0.39 is 12.1 Å². The van der Waals surface area contributed by atoms with E-state index in [1.165, 1.54) is 12.1 Å². The molecule has 0 saturated heterocycles. The predicted molar refractivity (Wildman–Crippen MR) is 77.4 cm³/mol. The lowest BCUT2D eigenvalue weighted by Gasteiger charge is -2.16. The zero-order chi connectivity index (χ0) is 14.6. The van der Waals surface area contributed by atoms with Crippen LogP contribution < -0.4 is 4.74 Å². The van der Waals surface area contributed by atoms with Gasteiger partial charge in [-0.15, -0.1) is 0 Å². The van der Waals surface area contributed by atoms with Crippen molar-refractivity contribution in [3.8, 4) is 5.75 Å². The van der Waals surface area contributed by atoms with Crippen LogP contribution >= 0.6 is 34.8 Å². The number of benzene rings is 1. The third kappa shape index (κ3) is 5.09. The molecule has 0 saturated carbocycles. The molecule has 19 heavy (non-hydrogen) atoms. The summed E-state index contributed by atoms with van der Waals surface area (Å²) >= 11 is 17.6. The lowest BCUT2D eigenvalue weighted by atomic mass is 10.2. The van der Waals surface area contributed by atoms with Crippen molar-refractivity contribution in [2.75, 3.05) is 6.61 Å². The number of esters is 1. The van der Waals surface area contributed by atoms with Crippen LogP contribution in [0.1, 0.15) is 20.8 Å². The molecule has 106 valence electrons. The van der Waals surface area contributed by atoms with Gasteiger partial charge in [-0.25, -0.2) is 4.79 Å². The van der Waals surface area contributed by atoms with E-state index >= 15 is 0 Å². The van der Waals surface area contributed by atoms with E-state index in [1.807, 2.05) is 13.8 Å². The van der Waals surface area contributed by atoms with Gasteiger partial charge >= 0.3 is 5.97 Å². The smallest absolute Gasteiger partial charge is 0.347 e. The van der Waals surface area contributed by atoms with Gasteiger partial charge in [0.15, 0.2) is 6.10 Å². The van der Waals surface area contributed by atoms with Crippen LogP contribution in [0.2, 0.25) is 15.1 Å². The summed E-state index contributed by atoms with van der Waals surface area (Å²) in [6.45, 7) is 5.84. The minimum absolute atomic E-state index is 0.268. The van der Waals surface area contributed by atoms with Crippen molar-refractivity contribution in [2.45, 2.75) is 26.9 Å². The molecular formula is C13H15Cl3O3. The molecule has 0 radical (unpaired) electrons. The lowest BCUT2D eigenvalue weighted by molar-refractivity contribution is -0.152. The van der Waals surface area contributed by atoms with Crippen LogP contribution in [0.25, 0.3) is 0 Å². The maximum absolute atomic E-state index is 11.7. The van der Waals surface area contributed by atoms with Crippen molar-refractivity contribution in [1.29, 1.82) is 0 Å². The second-order valence-corrected chi connectivity index (χ2v) is 5.70. The average Bonchev–Trinajstić information content (AvgIpc) is 2.32. The first kappa shape index (κ1) is 16.4. The predicted octanol–water partition coefficient (Wildman–Crippen LogP) is 4.61. The average molecular weight is 326 g/mol. The molecule has 0 heterocycles. The van der Waals surface area contributed by atoms with Gasteiger partial charge in [0.1, 0.15) is 5.75 Å². The highest BCUT2D eigenvalue weighted by molar-refractivity contribution is 6.43. The molecule has 1 aromatic rings. The van der Waals surface area contributed by atoms with Crippen molar-refractivity contribution in [3.63, 3.8) is 0 Å². The highest BCUT2D eigenvalue weighted by Crippen LogP contribution is 2.34. The summed E-state index contributed by atoms with van der Waals surface area (Å²) in [6, 6.07) is 2.94. The number of hydrogen-bond acceptors (Lipinski definition) is 3. The molecule has 0 spiro atoms. The van der Waals surface area contributed by atoms with Crippen molar-refractivity contribution in [2.24, 2.45) is 5.92 Å². The molecule has 1 unspecified atom stereocenters. The third-order valence-corrected chi connectivity index (χ3v) is 3.19. The van der Waals surface area contributed by atoms with Gasteiger partial charge in [-0.05, 0) is 18.9 Å². The Morgan fingerprint density at radius 3 is 2.26 bits per heavy atom. The summed E-state index contributed by atoms with van der Waals surface area (Å²) in [5, 5.41) is 0.927. The summed E-state index contributed by atoms with van der Waals surface area (Å²) in [4.78, 5) is 11.7. The number of halogens is 3. The first-order chi connectivity index (χ1) is 8.81. The molecule has 1 rings (SSSR count). The molecule has 3 nitrogen and oxygen atoms in total. The Bertz CT molecular complexity index is 461. The van der Waals surface area contributed by atoms with Crippen LogP contribution in [0.4, 0.5) is 0 Å². The molecule has 0 aliphatic heterocycles. The zero-order valence-electron chi connectivity index (χ0n) is 10.9. The first-order valence-electron chi connectivity index (χ1n) is 5.79. The quantitative estimate of drug-likeness (QED) is 0.585. The third-order valence-electron chi connectivity index (χ3n) is 2.17. The summed E-state index contributed by atoms with van der Waals surface area (Å²) in [5.74, 6) is 0.116. The molecule has 1 atom stereocenters. The lowest BCUT2D eigenvalue weighted by Crippen LogP contribution is -2.27. The Labute approximate surface area is 127 Å². The van der Waals surface area contributed by atoms with E-state index in [1.54, 1.807) is 6.92 Å². The Morgan fingerprint density at radius 2 is 1.68 bits per heavy atom. The Kier molecular flexibility index (Phi) is 6.24. The standard InChI is InChI=1S/C13H15Cl3O3/c1-7(2)6-18-13(17)8(3)19-12-5-10(15)9(14)4-11(12)16/h4-5,7-8H,6H2,1-3H3. The van der Waals surface area contributed by atoms with Crippen molar-refractivity contribution in [1.82, 2.24) is 0 Å². The van der Waals surface area contributed by atoms with Gasteiger partial charge in [0, 0.05) is 6.07 Å². The van der Waals surface area contributed by atoms with Gasteiger partial charge in [-0.1, -0.05) is 48.7 Å². The Hall–Kier alpha value is -0.640. The van der Waals surface area contributed by atoms with Crippen LogP contribution in [0.5, 0.6) is 5.75 Å². The van der Waals surface area contributed by atoms with E-state index in [4.69, 9.17) is 44.3 Å². The molecule has 0 amide bonds. The fourth-order valence-electron chi connectivity index (χ4n) is 1.20. The Morgan fingerprint density at radius 1 is 1.11 bits per heavy atom. The normalized spacial score (nSPS) is 12.4. The van der Waals surface area contributed by atoms with E-state index in [-0.39, 0.29) is 10.9 Å². The van der Waals surface area contributed by atoms with Crippen LogP contribution in [0, 0.1) is 5.92 Å². The molecule has 0 aromatic heterocycles. The molecule has 0 N–H and O–H groups in total. The Balaban J connectivity index is 2.69. The summed E-state index contributed by atoms with van der Waals surface area (Å²) in [6.07, 6.45) is -0.770. The summed E-state index contributed by atoms with van der Waals surface area (Å²) in [5.41, 5.74) is 0.